The lowest BCUT2D eigenvalue weighted by Crippen LogP contribution is -2.35. The second-order valence-electron chi connectivity index (χ2n) is 5.58. The van der Waals surface area contributed by atoms with Crippen LogP contribution >= 0.6 is 23.2 Å². The van der Waals surface area contributed by atoms with Gasteiger partial charge in [-0.2, -0.15) is 0 Å². The summed E-state index contributed by atoms with van der Waals surface area (Å²) < 4.78 is 0. The molecule has 0 unspecified atom stereocenters. The van der Waals surface area contributed by atoms with Gasteiger partial charge in [0.2, 0.25) is 0 Å². The molecule has 2 N–H and O–H groups in total. The quantitative estimate of drug-likeness (QED) is 0.851. The first-order valence-corrected chi connectivity index (χ1v) is 8.54. The molecule has 0 bridgehead atoms. The van der Waals surface area contributed by atoms with Gasteiger partial charge in [0.25, 0.3) is 0 Å². The number of nitrogens with zero attached hydrogens (tertiary/aromatic N) is 1. The molecule has 0 atom stereocenters. The number of aliphatic imine (C=N–C) groups is 1. The molecule has 3 nitrogen and oxygen atoms in total. The van der Waals surface area contributed by atoms with E-state index in [1.807, 2.05) is 18.2 Å². The van der Waals surface area contributed by atoms with E-state index in [1.54, 1.807) is 0 Å². The topological polar surface area (TPSA) is 36.4 Å². The Morgan fingerprint density at radius 1 is 0.957 bits per heavy atom. The Kier molecular flexibility index (Phi) is 5.42. The van der Waals surface area contributed by atoms with Crippen molar-refractivity contribution in [1.29, 1.82) is 0 Å². The minimum absolute atomic E-state index is 0.602. The number of hydrogen-bond acceptors (Lipinski definition) is 3. The summed E-state index contributed by atoms with van der Waals surface area (Å²) in [5.41, 5.74) is 3.54. The van der Waals surface area contributed by atoms with Gasteiger partial charge in [0.05, 0.1) is 10.0 Å². The zero-order valence-corrected chi connectivity index (χ0v) is 14.3. The molecule has 1 aliphatic heterocycles. The van der Waals surface area contributed by atoms with Crippen molar-refractivity contribution in [3.05, 3.63) is 63.6 Å². The third-order valence-electron chi connectivity index (χ3n) is 3.80. The summed E-state index contributed by atoms with van der Waals surface area (Å²) >= 11 is 12.0. The van der Waals surface area contributed by atoms with Gasteiger partial charge in [-0.1, -0.05) is 41.4 Å². The highest BCUT2D eigenvalue weighted by Gasteiger charge is 2.04. The molecule has 0 saturated carbocycles. The molecule has 23 heavy (non-hydrogen) atoms. The SMILES string of the molecule is Clc1ccc(CCc2ccc(NC3=NCCCN3)cc2)cc1Cl. The van der Waals surface area contributed by atoms with Crippen LogP contribution in [0, 0.1) is 0 Å². The first-order valence-electron chi connectivity index (χ1n) is 7.79. The maximum atomic E-state index is 6.05. The smallest absolute Gasteiger partial charge is 0.195 e. The Balaban J connectivity index is 1.56. The average molecular weight is 348 g/mol. The largest absolute Gasteiger partial charge is 0.356 e. The Morgan fingerprint density at radius 2 is 1.70 bits per heavy atom. The van der Waals surface area contributed by atoms with Crippen molar-refractivity contribution in [1.82, 2.24) is 5.32 Å². The molecular weight excluding hydrogens is 329 g/mol. The molecular formula is C18H19Cl2N3. The van der Waals surface area contributed by atoms with Crippen molar-refractivity contribution in [2.24, 2.45) is 4.99 Å². The lowest BCUT2D eigenvalue weighted by molar-refractivity contribution is 0.740. The molecule has 2 aromatic carbocycles. The number of benzene rings is 2. The van der Waals surface area contributed by atoms with E-state index < -0.39 is 0 Å². The summed E-state index contributed by atoms with van der Waals surface area (Å²) in [6.07, 6.45) is 3.01. The Labute approximate surface area is 146 Å². The number of aryl methyl sites for hydroxylation is 2. The van der Waals surface area contributed by atoms with Crippen LogP contribution in [0.5, 0.6) is 0 Å². The first kappa shape index (κ1) is 16.2. The Morgan fingerprint density at radius 3 is 2.39 bits per heavy atom. The van der Waals surface area contributed by atoms with Crippen LogP contribution in [-0.2, 0) is 12.8 Å². The molecule has 0 spiro atoms. The van der Waals surface area contributed by atoms with Crippen molar-refractivity contribution < 1.29 is 0 Å². The van der Waals surface area contributed by atoms with Crippen LogP contribution in [0.25, 0.3) is 0 Å². The number of anilines is 1. The van der Waals surface area contributed by atoms with Crippen LogP contribution < -0.4 is 10.6 Å². The van der Waals surface area contributed by atoms with Crippen LogP contribution in [0.4, 0.5) is 5.69 Å². The van der Waals surface area contributed by atoms with Gasteiger partial charge in [-0.3, -0.25) is 4.99 Å². The predicted molar refractivity (Wildman–Crippen MR) is 98.9 cm³/mol. The van der Waals surface area contributed by atoms with Crippen molar-refractivity contribution in [3.8, 4) is 0 Å². The van der Waals surface area contributed by atoms with Crippen LogP contribution in [-0.4, -0.2) is 19.0 Å². The number of hydrogen-bond donors (Lipinski definition) is 2. The van der Waals surface area contributed by atoms with E-state index in [-0.39, 0.29) is 0 Å². The molecule has 0 radical (unpaired) electrons. The normalized spacial score (nSPS) is 14.1. The minimum atomic E-state index is 0.602. The van der Waals surface area contributed by atoms with Crippen LogP contribution in [0.1, 0.15) is 17.5 Å². The number of rotatable bonds is 4. The van der Waals surface area contributed by atoms with Crippen LogP contribution in [0.15, 0.2) is 47.5 Å². The van der Waals surface area contributed by atoms with Gasteiger partial charge in [0.15, 0.2) is 5.96 Å². The fourth-order valence-electron chi connectivity index (χ4n) is 2.49. The highest BCUT2D eigenvalue weighted by molar-refractivity contribution is 6.42. The van der Waals surface area contributed by atoms with E-state index in [0.717, 1.165) is 44.0 Å². The third kappa shape index (κ3) is 4.63. The molecule has 0 fully saturated rings. The monoisotopic (exact) mass is 347 g/mol. The minimum Gasteiger partial charge on any atom is -0.356 e. The molecule has 0 aliphatic carbocycles. The fraction of sp³-hybridized carbons (Fsp3) is 0.278. The van der Waals surface area contributed by atoms with Crippen LogP contribution in [0.3, 0.4) is 0 Å². The van der Waals surface area contributed by atoms with Gasteiger partial charge in [-0.25, -0.2) is 0 Å². The molecule has 0 aromatic heterocycles. The van der Waals surface area contributed by atoms with Gasteiger partial charge in [-0.05, 0) is 54.7 Å². The summed E-state index contributed by atoms with van der Waals surface area (Å²) in [4.78, 5) is 4.41. The zero-order chi connectivity index (χ0) is 16.1. The molecule has 2 aromatic rings. The maximum Gasteiger partial charge on any atom is 0.195 e. The highest BCUT2D eigenvalue weighted by atomic mass is 35.5. The summed E-state index contributed by atoms with van der Waals surface area (Å²) in [5, 5.41) is 7.77. The first-order chi connectivity index (χ1) is 11.2. The second kappa shape index (κ2) is 7.71. The Hall–Kier alpha value is -1.71. The van der Waals surface area contributed by atoms with E-state index in [0.29, 0.717) is 10.0 Å². The summed E-state index contributed by atoms with van der Waals surface area (Å²) in [7, 11) is 0. The third-order valence-corrected chi connectivity index (χ3v) is 4.54. The van der Waals surface area contributed by atoms with Gasteiger partial charge >= 0.3 is 0 Å². The molecule has 1 heterocycles. The van der Waals surface area contributed by atoms with Gasteiger partial charge in [-0.15, -0.1) is 0 Å². The molecule has 1 aliphatic rings. The van der Waals surface area contributed by atoms with Crippen molar-refractivity contribution >= 4 is 34.8 Å². The Bertz CT molecular complexity index is 696. The lowest BCUT2D eigenvalue weighted by atomic mass is 10.0. The molecule has 3 rings (SSSR count). The standard InChI is InChI=1S/C18H19Cl2N3/c19-16-9-6-14(12-17(16)20)3-2-13-4-7-15(8-5-13)23-18-21-10-1-11-22-18/h4-9,12H,1-3,10-11H2,(H2,21,22,23). The van der Waals surface area contributed by atoms with Gasteiger partial charge in [0.1, 0.15) is 0 Å². The maximum absolute atomic E-state index is 6.05. The number of halogens is 2. The van der Waals surface area contributed by atoms with Gasteiger partial charge in [0, 0.05) is 18.8 Å². The summed E-state index contributed by atoms with van der Waals surface area (Å²) in [6.45, 7) is 1.87. The summed E-state index contributed by atoms with van der Waals surface area (Å²) in [5.74, 6) is 0.861. The highest BCUT2D eigenvalue weighted by Crippen LogP contribution is 2.23. The van der Waals surface area contributed by atoms with Crippen molar-refractivity contribution in [3.63, 3.8) is 0 Å². The molecule has 0 amide bonds. The van der Waals surface area contributed by atoms with E-state index >= 15 is 0 Å². The van der Waals surface area contributed by atoms with E-state index in [4.69, 9.17) is 23.2 Å². The van der Waals surface area contributed by atoms with E-state index in [1.165, 1.54) is 11.1 Å². The second-order valence-corrected chi connectivity index (χ2v) is 6.40. The van der Waals surface area contributed by atoms with Crippen molar-refractivity contribution in [2.45, 2.75) is 19.3 Å². The lowest BCUT2D eigenvalue weighted by Gasteiger charge is -2.16. The fourth-order valence-corrected chi connectivity index (χ4v) is 2.81. The average Bonchev–Trinajstić information content (AvgIpc) is 2.58. The molecule has 120 valence electrons. The summed E-state index contributed by atoms with van der Waals surface area (Å²) in [6, 6.07) is 14.3. The van der Waals surface area contributed by atoms with Crippen molar-refractivity contribution in [2.75, 3.05) is 18.4 Å². The van der Waals surface area contributed by atoms with Crippen LogP contribution in [0.2, 0.25) is 10.0 Å². The molecule has 0 saturated heterocycles. The van der Waals surface area contributed by atoms with E-state index in [2.05, 4.69) is 39.9 Å². The van der Waals surface area contributed by atoms with E-state index in [9.17, 15) is 0 Å². The number of guanidine groups is 1. The van der Waals surface area contributed by atoms with Gasteiger partial charge < -0.3 is 10.6 Å². The predicted octanol–water partition coefficient (Wildman–Crippen LogP) is 4.54. The molecule has 5 heteroatoms. The zero-order valence-electron chi connectivity index (χ0n) is 12.8. The number of nitrogens with one attached hydrogen (secondary N) is 2.